The van der Waals surface area contributed by atoms with Gasteiger partial charge in [0.05, 0.1) is 4.90 Å². The van der Waals surface area contributed by atoms with E-state index in [1.54, 1.807) is 0 Å². The summed E-state index contributed by atoms with van der Waals surface area (Å²) in [7, 11) is -5.73. The molecule has 0 amide bonds. The number of benzene rings is 1. The molecule has 0 unspecified atom stereocenters. The molecule has 0 aliphatic heterocycles. The van der Waals surface area contributed by atoms with E-state index < -0.39 is 21.2 Å². The first-order chi connectivity index (χ1) is 6.25. The number of hydrogen-bond donors (Lipinski definition) is 0. The molecule has 80 valence electrons. The van der Waals surface area contributed by atoms with Gasteiger partial charge in [-0.25, -0.2) is 0 Å². The van der Waals surface area contributed by atoms with E-state index in [0.29, 0.717) is 0 Å². The van der Waals surface area contributed by atoms with Crippen molar-refractivity contribution in [2.45, 2.75) is 10.4 Å². The van der Waals surface area contributed by atoms with Crippen LogP contribution in [0.25, 0.3) is 0 Å². The minimum Gasteiger partial charge on any atom is -0.157 e. The Balaban J connectivity index is 3.16. The van der Waals surface area contributed by atoms with Crippen LogP contribution < -0.4 is 0 Å². The maximum atomic E-state index is 12.8. The van der Waals surface area contributed by atoms with Crippen LogP contribution in [0.3, 0.4) is 0 Å². The molecule has 14 heavy (non-hydrogen) atoms. The van der Waals surface area contributed by atoms with Crippen molar-refractivity contribution >= 4 is 26.7 Å². The zero-order valence-electron chi connectivity index (χ0n) is 6.49. The van der Waals surface area contributed by atoms with E-state index in [-0.39, 0.29) is 4.47 Å². The summed E-state index contributed by atoms with van der Waals surface area (Å²) in [5, 5.41) is 0. The predicted octanol–water partition coefficient (Wildman–Crippen LogP) is 4.90. The van der Waals surface area contributed by atoms with Crippen molar-refractivity contribution in [1.82, 2.24) is 0 Å². The van der Waals surface area contributed by atoms with Gasteiger partial charge in [-0.2, -0.15) is 13.2 Å². The molecule has 1 rings (SSSR count). The average molecular weight is 295 g/mol. The van der Waals surface area contributed by atoms with Crippen LogP contribution in [0, 0.1) is 0 Å². The lowest BCUT2D eigenvalue weighted by Gasteiger charge is -2.23. The highest BCUT2D eigenvalue weighted by Crippen LogP contribution is 2.70. The molecule has 0 aliphatic carbocycles. The normalized spacial score (nSPS) is 14.1. The van der Waals surface area contributed by atoms with Gasteiger partial charge in [0.25, 0.3) is 0 Å². The zero-order chi connectivity index (χ0) is 11.0. The summed E-state index contributed by atoms with van der Waals surface area (Å²) in [6, 6.07) is 4.08. The molecule has 1 aromatic carbocycles. The van der Waals surface area contributed by atoms with Gasteiger partial charge in [-0.3, -0.25) is 0 Å². The minimum atomic E-state index is -5.73. The summed E-state index contributed by atoms with van der Waals surface area (Å²) < 4.78 is 61.5. The number of hydrogen-bond acceptors (Lipinski definition) is 0. The smallest absolute Gasteiger partial charge is 0.157 e. The predicted molar refractivity (Wildman–Crippen MR) is 48.3 cm³/mol. The molecule has 0 bridgehead atoms. The van der Waals surface area contributed by atoms with Crippen LogP contribution >= 0.6 is 26.7 Å². The quantitative estimate of drug-likeness (QED) is 0.646. The van der Waals surface area contributed by atoms with Crippen molar-refractivity contribution < 1.29 is 20.9 Å². The number of alkyl halides is 3. The van der Waals surface area contributed by atoms with E-state index in [2.05, 4.69) is 15.9 Å². The van der Waals surface area contributed by atoms with Gasteiger partial charge in [0, 0.05) is 4.47 Å². The molecule has 0 heterocycles. The monoisotopic (exact) mass is 294 g/mol. The zero-order valence-corrected chi connectivity index (χ0v) is 8.89. The molecular weight excluding hydrogens is 291 g/mol. The molecule has 0 atom stereocenters. The Hall–Kier alpha value is -0.300. The van der Waals surface area contributed by atoms with Crippen molar-refractivity contribution in [3.8, 4) is 0 Å². The van der Waals surface area contributed by atoms with Gasteiger partial charge in [-0.15, -0.1) is 7.77 Å². The van der Waals surface area contributed by atoms with E-state index >= 15 is 0 Å². The van der Waals surface area contributed by atoms with Crippen molar-refractivity contribution in [1.29, 1.82) is 0 Å². The second kappa shape index (κ2) is 3.69. The Kier molecular flexibility index (Phi) is 3.10. The summed E-state index contributed by atoms with van der Waals surface area (Å²) in [4.78, 5) is -0.987. The Labute approximate surface area is 87.1 Å². The lowest BCUT2D eigenvalue weighted by Crippen LogP contribution is -2.12. The molecule has 0 saturated heterocycles. The van der Waals surface area contributed by atoms with Crippen LogP contribution in [0.2, 0.25) is 0 Å². The van der Waals surface area contributed by atoms with Crippen molar-refractivity contribution in [3.05, 3.63) is 28.7 Å². The highest BCUT2D eigenvalue weighted by Gasteiger charge is 2.54. The molecule has 0 spiro atoms. The first-order valence-corrected chi connectivity index (χ1v) is 5.52. The molecule has 0 fully saturated rings. The molecular formula is C7H4BrF5S. The fraction of sp³-hybridized carbons (Fsp3) is 0.143. The van der Waals surface area contributed by atoms with Gasteiger partial charge < -0.3 is 0 Å². The van der Waals surface area contributed by atoms with Gasteiger partial charge in [-0.1, -0.05) is 22.0 Å². The lowest BCUT2D eigenvalue weighted by atomic mass is 10.4. The highest BCUT2D eigenvalue weighted by atomic mass is 79.9. The van der Waals surface area contributed by atoms with Gasteiger partial charge in [0.15, 0.2) is 10.8 Å². The molecule has 1 aromatic rings. The fourth-order valence-corrected chi connectivity index (χ4v) is 2.10. The lowest BCUT2D eigenvalue weighted by molar-refractivity contribution is -0.0463. The first-order valence-electron chi connectivity index (χ1n) is 3.29. The summed E-state index contributed by atoms with van der Waals surface area (Å²) in [5.74, 6) is 0. The maximum Gasteiger partial charge on any atom is 0.482 e. The Morgan fingerprint density at radius 3 is 2.14 bits per heavy atom. The van der Waals surface area contributed by atoms with Crippen LogP contribution in [-0.4, -0.2) is 5.51 Å². The van der Waals surface area contributed by atoms with Gasteiger partial charge in [-0.05, 0) is 18.2 Å². The molecule has 7 heteroatoms. The summed E-state index contributed by atoms with van der Waals surface area (Å²) >= 11 is 2.83. The number of halogens is 6. The third-order valence-corrected chi connectivity index (χ3v) is 3.30. The molecule has 0 nitrogen and oxygen atoms in total. The topological polar surface area (TPSA) is 0 Å². The van der Waals surface area contributed by atoms with Crippen LogP contribution in [0.4, 0.5) is 20.9 Å². The van der Waals surface area contributed by atoms with E-state index in [9.17, 15) is 20.9 Å². The van der Waals surface area contributed by atoms with Crippen molar-refractivity contribution in [2.24, 2.45) is 0 Å². The standard InChI is InChI=1S/C7H4BrF5S/c8-5-2-1-3-6(4-5)14(12,13)7(9,10)11/h1-4H. The van der Waals surface area contributed by atoms with Crippen LogP contribution in [0.5, 0.6) is 0 Å². The van der Waals surface area contributed by atoms with E-state index in [1.807, 2.05) is 0 Å². The molecule has 0 radical (unpaired) electrons. The highest BCUT2D eigenvalue weighted by molar-refractivity contribution is 9.10. The third kappa shape index (κ3) is 2.20. The van der Waals surface area contributed by atoms with Crippen molar-refractivity contribution in [3.63, 3.8) is 0 Å². The van der Waals surface area contributed by atoms with Crippen LogP contribution in [-0.2, 0) is 0 Å². The van der Waals surface area contributed by atoms with E-state index in [4.69, 9.17) is 0 Å². The van der Waals surface area contributed by atoms with E-state index in [1.165, 1.54) is 6.07 Å². The van der Waals surface area contributed by atoms with Crippen LogP contribution in [0.15, 0.2) is 33.6 Å². The van der Waals surface area contributed by atoms with Gasteiger partial charge >= 0.3 is 5.51 Å². The van der Waals surface area contributed by atoms with Gasteiger partial charge in [0.1, 0.15) is 0 Å². The summed E-state index contributed by atoms with van der Waals surface area (Å²) in [6.45, 7) is 0. The molecule has 0 saturated carbocycles. The Morgan fingerprint density at radius 1 is 1.14 bits per heavy atom. The third-order valence-electron chi connectivity index (χ3n) is 1.38. The van der Waals surface area contributed by atoms with E-state index in [0.717, 1.165) is 18.2 Å². The average Bonchev–Trinajstić information content (AvgIpc) is 2.02. The Morgan fingerprint density at radius 2 is 1.71 bits per heavy atom. The molecule has 0 aliphatic rings. The second-order valence-electron chi connectivity index (χ2n) is 2.37. The van der Waals surface area contributed by atoms with Crippen LogP contribution in [0.1, 0.15) is 0 Å². The number of rotatable bonds is 1. The second-order valence-corrected chi connectivity index (χ2v) is 5.16. The first kappa shape index (κ1) is 11.8. The molecule has 0 N–H and O–H groups in total. The molecule has 0 aromatic heterocycles. The van der Waals surface area contributed by atoms with Gasteiger partial charge in [0.2, 0.25) is 0 Å². The maximum absolute atomic E-state index is 12.8. The fourth-order valence-electron chi connectivity index (χ4n) is 0.760. The summed E-state index contributed by atoms with van der Waals surface area (Å²) in [5.41, 5.74) is -5.48. The largest absolute Gasteiger partial charge is 0.482 e. The minimum absolute atomic E-state index is 0.200. The Bertz CT molecular complexity index is 335. The van der Waals surface area contributed by atoms with Crippen molar-refractivity contribution in [2.75, 3.05) is 0 Å². The SMILES string of the molecule is FC(F)(F)S(F)(F)c1cccc(Br)c1. The summed E-state index contributed by atoms with van der Waals surface area (Å²) in [6.07, 6.45) is 0.